The van der Waals surface area contributed by atoms with Gasteiger partial charge in [0.2, 0.25) is 0 Å². The maximum Gasteiger partial charge on any atom is 0.0524 e. The summed E-state index contributed by atoms with van der Waals surface area (Å²) in [5.74, 6) is 0. The second-order valence-electron chi connectivity index (χ2n) is 4.69. The first-order valence-electron chi connectivity index (χ1n) is 6.22. The van der Waals surface area contributed by atoms with Crippen molar-refractivity contribution in [3.8, 4) is 0 Å². The van der Waals surface area contributed by atoms with E-state index in [2.05, 4.69) is 35.7 Å². The highest BCUT2D eigenvalue weighted by atomic mass is 32.1. The molecular formula is C13H24N2OS. The molecule has 0 aliphatic carbocycles. The number of aliphatic hydroxyl groups excluding tert-OH is 1. The molecule has 1 rings (SSSR count). The molecule has 0 saturated carbocycles. The summed E-state index contributed by atoms with van der Waals surface area (Å²) in [7, 11) is 2.08. The summed E-state index contributed by atoms with van der Waals surface area (Å²) < 4.78 is 0. The molecule has 1 heterocycles. The van der Waals surface area contributed by atoms with Crippen molar-refractivity contribution in [1.82, 2.24) is 4.90 Å². The van der Waals surface area contributed by atoms with E-state index in [0.717, 1.165) is 19.4 Å². The SMILES string of the molecule is CCC(N)C(c1ccsc1)N(C)CCC(C)O. The molecule has 1 aromatic heterocycles. The summed E-state index contributed by atoms with van der Waals surface area (Å²) in [4.78, 5) is 2.25. The van der Waals surface area contributed by atoms with Crippen LogP contribution in [0.4, 0.5) is 0 Å². The highest BCUT2D eigenvalue weighted by Crippen LogP contribution is 2.26. The monoisotopic (exact) mass is 256 g/mol. The number of rotatable bonds is 7. The molecule has 0 aliphatic heterocycles. The van der Waals surface area contributed by atoms with Gasteiger partial charge in [-0.05, 0) is 49.2 Å². The van der Waals surface area contributed by atoms with E-state index < -0.39 is 0 Å². The van der Waals surface area contributed by atoms with E-state index in [-0.39, 0.29) is 18.2 Å². The second-order valence-corrected chi connectivity index (χ2v) is 5.47. The molecule has 0 saturated heterocycles. The molecule has 0 fully saturated rings. The van der Waals surface area contributed by atoms with Gasteiger partial charge >= 0.3 is 0 Å². The Morgan fingerprint density at radius 1 is 1.53 bits per heavy atom. The Labute approximate surface area is 108 Å². The Hall–Kier alpha value is -0.420. The van der Waals surface area contributed by atoms with Gasteiger partial charge in [0.1, 0.15) is 0 Å². The van der Waals surface area contributed by atoms with Crippen LogP contribution in [-0.4, -0.2) is 35.7 Å². The van der Waals surface area contributed by atoms with Gasteiger partial charge in [-0.3, -0.25) is 4.90 Å². The summed E-state index contributed by atoms with van der Waals surface area (Å²) in [5.41, 5.74) is 7.51. The average Bonchev–Trinajstić information content (AvgIpc) is 2.79. The third-order valence-corrected chi connectivity index (χ3v) is 3.84. The quantitative estimate of drug-likeness (QED) is 0.786. The molecular weight excluding hydrogens is 232 g/mol. The van der Waals surface area contributed by atoms with Gasteiger partial charge in [-0.25, -0.2) is 0 Å². The largest absolute Gasteiger partial charge is 0.393 e. The summed E-state index contributed by atoms with van der Waals surface area (Å²) >= 11 is 1.71. The number of hydrogen-bond acceptors (Lipinski definition) is 4. The number of hydrogen-bond donors (Lipinski definition) is 2. The number of thiophene rings is 1. The lowest BCUT2D eigenvalue weighted by molar-refractivity contribution is 0.140. The van der Waals surface area contributed by atoms with E-state index in [1.165, 1.54) is 5.56 Å². The van der Waals surface area contributed by atoms with Gasteiger partial charge in [0.05, 0.1) is 12.1 Å². The van der Waals surface area contributed by atoms with Crippen LogP contribution < -0.4 is 5.73 Å². The zero-order valence-corrected chi connectivity index (χ0v) is 11.8. The molecule has 0 aliphatic rings. The first-order chi connectivity index (χ1) is 8.06. The average molecular weight is 256 g/mol. The minimum absolute atomic E-state index is 0.142. The van der Waals surface area contributed by atoms with Crippen molar-refractivity contribution in [2.75, 3.05) is 13.6 Å². The molecule has 98 valence electrons. The number of likely N-dealkylation sites (N-methyl/N-ethyl adjacent to an activating group) is 1. The van der Waals surface area contributed by atoms with E-state index in [4.69, 9.17) is 5.73 Å². The van der Waals surface area contributed by atoms with Crippen molar-refractivity contribution in [2.24, 2.45) is 5.73 Å². The van der Waals surface area contributed by atoms with Gasteiger partial charge in [0, 0.05) is 12.6 Å². The zero-order chi connectivity index (χ0) is 12.8. The van der Waals surface area contributed by atoms with Crippen LogP contribution >= 0.6 is 11.3 Å². The number of nitrogens with zero attached hydrogens (tertiary/aromatic N) is 1. The van der Waals surface area contributed by atoms with Crippen LogP contribution in [0.2, 0.25) is 0 Å². The lowest BCUT2D eigenvalue weighted by Crippen LogP contribution is -2.39. The molecule has 1 aromatic rings. The van der Waals surface area contributed by atoms with E-state index in [1.807, 2.05) is 6.92 Å². The molecule has 3 unspecified atom stereocenters. The van der Waals surface area contributed by atoms with Crippen LogP contribution in [0, 0.1) is 0 Å². The first-order valence-corrected chi connectivity index (χ1v) is 7.16. The lowest BCUT2D eigenvalue weighted by Gasteiger charge is -2.32. The fraction of sp³-hybridized carbons (Fsp3) is 0.692. The van der Waals surface area contributed by atoms with Crippen LogP contribution in [-0.2, 0) is 0 Å². The predicted octanol–water partition coefficient (Wildman–Crippen LogP) is 2.23. The fourth-order valence-corrected chi connectivity index (χ4v) is 2.71. The smallest absolute Gasteiger partial charge is 0.0524 e. The van der Waals surface area contributed by atoms with Crippen molar-refractivity contribution >= 4 is 11.3 Å². The Kier molecular flexibility index (Phi) is 6.12. The summed E-state index contributed by atoms with van der Waals surface area (Å²) in [6.45, 7) is 4.81. The number of nitrogens with two attached hydrogens (primary N) is 1. The second kappa shape index (κ2) is 7.11. The standard InChI is InChI=1S/C13H24N2OS/c1-4-12(14)13(11-6-8-17-9-11)15(3)7-5-10(2)16/h6,8-10,12-13,16H,4-5,7,14H2,1-3H3. The predicted molar refractivity (Wildman–Crippen MR) is 74.3 cm³/mol. The van der Waals surface area contributed by atoms with Crippen LogP contribution in [0.3, 0.4) is 0 Å². The summed E-state index contributed by atoms with van der Waals surface area (Å²) in [6, 6.07) is 2.54. The molecule has 0 bridgehead atoms. The Morgan fingerprint density at radius 3 is 2.71 bits per heavy atom. The van der Waals surface area contributed by atoms with E-state index >= 15 is 0 Å². The maximum absolute atomic E-state index is 9.35. The minimum atomic E-state index is -0.251. The summed E-state index contributed by atoms with van der Waals surface area (Å²) in [5, 5.41) is 13.6. The lowest BCUT2D eigenvalue weighted by atomic mass is 9.99. The van der Waals surface area contributed by atoms with Crippen molar-refractivity contribution in [1.29, 1.82) is 0 Å². The molecule has 3 nitrogen and oxygen atoms in total. The van der Waals surface area contributed by atoms with Gasteiger partial charge in [-0.2, -0.15) is 11.3 Å². The normalized spacial score (nSPS) is 17.1. The van der Waals surface area contributed by atoms with E-state index in [9.17, 15) is 5.11 Å². The van der Waals surface area contributed by atoms with E-state index in [1.54, 1.807) is 11.3 Å². The molecule has 4 heteroatoms. The van der Waals surface area contributed by atoms with Crippen molar-refractivity contribution in [3.05, 3.63) is 22.4 Å². The summed E-state index contributed by atoms with van der Waals surface area (Å²) in [6.07, 6.45) is 1.49. The van der Waals surface area contributed by atoms with Crippen LogP contribution in [0.15, 0.2) is 16.8 Å². The van der Waals surface area contributed by atoms with Gasteiger partial charge in [-0.15, -0.1) is 0 Å². The molecule has 0 amide bonds. The van der Waals surface area contributed by atoms with Crippen molar-refractivity contribution < 1.29 is 5.11 Å². The van der Waals surface area contributed by atoms with Crippen LogP contribution in [0.1, 0.15) is 38.3 Å². The minimum Gasteiger partial charge on any atom is -0.393 e. The highest BCUT2D eigenvalue weighted by molar-refractivity contribution is 7.07. The molecule has 0 aromatic carbocycles. The molecule has 0 spiro atoms. The van der Waals surface area contributed by atoms with Crippen LogP contribution in [0.5, 0.6) is 0 Å². The Bertz CT molecular complexity index is 300. The van der Waals surface area contributed by atoms with Crippen molar-refractivity contribution in [2.45, 2.75) is 44.9 Å². The number of aliphatic hydroxyl groups is 1. The molecule has 0 radical (unpaired) electrons. The molecule has 17 heavy (non-hydrogen) atoms. The van der Waals surface area contributed by atoms with Crippen molar-refractivity contribution in [3.63, 3.8) is 0 Å². The maximum atomic E-state index is 9.35. The Morgan fingerprint density at radius 2 is 2.24 bits per heavy atom. The van der Waals surface area contributed by atoms with Crippen LogP contribution in [0.25, 0.3) is 0 Å². The van der Waals surface area contributed by atoms with E-state index in [0.29, 0.717) is 0 Å². The Balaban J connectivity index is 2.69. The van der Waals surface area contributed by atoms with Gasteiger partial charge < -0.3 is 10.8 Å². The first kappa shape index (κ1) is 14.6. The van der Waals surface area contributed by atoms with Gasteiger partial charge in [-0.1, -0.05) is 6.92 Å². The third kappa shape index (κ3) is 4.39. The topological polar surface area (TPSA) is 49.5 Å². The molecule has 3 N–H and O–H groups in total. The molecule has 3 atom stereocenters. The van der Waals surface area contributed by atoms with Gasteiger partial charge in [0.25, 0.3) is 0 Å². The zero-order valence-electron chi connectivity index (χ0n) is 11.0. The third-order valence-electron chi connectivity index (χ3n) is 3.14. The van der Waals surface area contributed by atoms with Gasteiger partial charge in [0.15, 0.2) is 0 Å². The highest BCUT2D eigenvalue weighted by Gasteiger charge is 2.23. The fourth-order valence-electron chi connectivity index (χ4n) is 2.02.